The van der Waals surface area contributed by atoms with E-state index in [1.807, 2.05) is 4.90 Å². The molecular weight excluding hydrogens is 291 g/mol. The van der Waals surface area contributed by atoms with E-state index in [-0.39, 0.29) is 17.9 Å². The molecule has 3 aliphatic rings. The third-order valence-electron chi connectivity index (χ3n) is 3.88. The van der Waals surface area contributed by atoms with Crippen molar-refractivity contribution >= 4 is 11.7 Å². The molecule has 8 nitrogen and oxygen atoms in total. The number of morpholine rings is 1. The van der Waals surface area contributed by atoms with Crippen LogP contribution in [0.5, 0.6) is 0 Å². The van der Waals surface area contributed by atoms with Gasteiger partial charge in [-0.2, -0.15) is 0 Å². The number of pyridine rings is 1. The Kier molecular flexibility index (Phi) is 2.83. The molecule has 2 atom stereocenters. The van der Waals surface area contributed by atoms with Crippen LogP contribution < -0.4 is 10.6 Å². The number of fused-ring (bicyclic) bond motifs is 2. The van der Waals surface area contributed by atoms with Gasteiger partial charge < -0.3 is 15.4 Å². The summed E-state index contributed by atoms with van der Waals surface area (Å²) in [6.45, 7) is 1.30. The number of carbonyl (C=O) groups excluding carboxylic acids is 1. The molecule has 0 spiro atoms. The van der Waals surface area contributed by atoms with E-state index in [1.54, 1.807) is 0 Å². The standard InChI is InChI=1S/C13H13FN6O2/c14-10-1-7(20-6-11(12(15)21)17-18-20)3-16-13(10)19-4-8-2-9(5-19)22-8/h1,3,6,8-9H,2,4-5H2,(H2,15,21). The number of nitrogens with two attached hydrogens (primary N) is 1. The normalized spacial score (nSPS) is 23.2. The molecule has 2 aromatic heterocycles. The lowest BCUT2D eigenvalue weighted by molar-refractivity contribution is -0.133. The van der Waals surface area contributed by atoms with E-state index in [4.69, 9.17) is 10.5 Å². The third-order valence-corrected chi connectivity index (χ3v) is 3.88. The van der Waals surface area contributed by atoms with E-state index >= 15 is 0 Å². The Bertz CT molecular complexity index is 732. The number of primary amides is 1. The van der Waals surface area contributed by atoms with E-state index < -0.39 is 11.7 Å². The smallest absolute Gasteiger partial charge is 0.270 e. The van der Waals surface area contributed by atoms with Gasteiger partial charge in [-0.3, -0.25) is 4.79 Å². The second-order valence-corrected chi connectivity index (χ2v) is 5.43. The number of aromatic nitrogens is 4. The molecule has 3 saturated heterocycles. The maximum Gasteiger partial charge on any atom is 0.270 e. The third kappa shape index (κ3) is 2.10. The molecule has 3 fully saturated rings. The molecule has 2 aromatic rings. The van der Waals surface area contributed by atoms with Gasteiger partial charge in [0, 0.05) is 25.6 Å². The van der Waals surface area contributed by atoms with Gasteiger partial charge >= 0.3 is 0 Å². The molecule has 5 rings (SSSR count). The Morgan fingerprint density at radius 2 is 2.14 bits per heavy atom. The number of hydrogen-bond acceptors (Lipinski definition) is 6. The zero-order chi connectivity index (χ0) is 15.3. The van der Waals surface area contributed by atoms with Crippen LogP contribution in [0.4, 0.5) is 10.2 Å². The number of anilines is 1. The number of rotatable bonds is 3. The van der Waals surface area contributed by atoms with E-state index in [0.29, 0.717) is 24.6 Å². The summed E-state index contributed by atoms with van der Waals surface area (Å²) in [6.07, 6.45) is 4.20. The topological polar surface area (TPSA) is 99.2 Å². The summed E-state index contributed by atoms with van der Waals surface area (Å²) in [6, 6.07) is 1.31. The van der Waals surface area contributed by atoms with Gasteiger partial charge in [-0.15, -0.1) is 5.10 Å². The summed E-state index contributed by atoms with van der Waals surface area (Å²) in [5, 5.41) is 7.35. The largest absolute Gasteiger partial charge is 0.371 e. The Morgan fingerprint density at radius 1 is 1.41 bits per heavy atom. The maximum absolute atomic E-state index is 14.3. The number of nitrogens with zero attached hydrogens (tertiary/aromatic N) is 5. The number of ether oxygens (including phenoxy) is 1. The molecule has 2 N–H and O–H groups in total. The van der Waals surface area contributed by atoms with E-state index in [1.165, 1.54) is 23.1 Å². The molecule has 0 aliphatic carbocycles. The minimum atomic E-state index is -0.691. The minimum Gasteiger partial charge on any atom is -0.371 e. The van der Waals surface area contributed by atoms with Crippen molar-refractivity contribution in [3.8, 4) is 5.69 Å². The molecule has 9 heteroatoms. The van der Waals surface area contributed by atoms with Gasteiger partial charge in [-0.1, -0.05) is 5.21 Å². The Hall–Kier alpha value is -2.55. The van der Waals surface area contributed by atoms with Crippen LogP contribution in [0.15, 0.2) is 18.5 Å². The molecule has 5 heterocycles. The average Bonchev–Trinajstić information content (AvgIpc) is 2.96. The first-order valence-electron chi connectivity index (χ1n) is 6.88. The van der Waals surface area contributed by atoms with E-state index in [9.17, 15) is 9.18 Å². The van der Waals surface area contributed by atoms with Crippen LogP contribution in [-0.2, 0) is 4.74 Å². The number of carbonyl (C=O) groups is 1. The average molecular weight is 304 g/mol. The van der Waals surface area contributed by atoms with Crippen LogP contribution in [0, 0.1) is 5.82 Å². The van der Waals surface area contributed by atoms with Crippen molar-refractivity contribution in [3.63, 3.8) is 0 Å². The quantitative estimate of drug-likeness (QED) is 0.848. The highest BCUT2D eigenvalue weighted by atomic mass is 19.1. The van der Waals surface area contributed by atoms with Crippen LogP contribution >= 0.6 is 0 Å². The zero-order valence-corrected chi connectivity index (χ0v) is 11.5. The van der Waals surface area contributed by atoms with E-state index in [0.717, 1.165) is 6.42 Å². The molecule has 3 aliphatic heterocycles. The highest BCUT2D eigenvalue weighted by molar-refractivity contribution is 5.90. The predicted octanol–water partition coefficient (Wildman–Crippen LogP) is -0.122. The summed E-state index contributed by atoms with van der Waals surface area (Å²) < 4.78 is 21.1. The molecule has 1 amide bonds. The first kappa shape index (κ1) is 13.1. The lowest BCUT2D eigenvalue weighted by Crippen LogP contribution is -2.57. The molecular formula is C13H13FN6O2. The number of hydrogen-bond donors (Lipinski definition) is 1. The fourth-order valence-electron chi connectivity index (χ4n) is 2.81. The lowest BCUT2D eigenvalue weighted by atomic mass is 9.99. The van der Waals surface area contributed by atoms with Gasteiger partial charge in [0.1, 0.15) is 0 Å². The molecule has 0 saturated carbocycles. The number of amides is 1. The van der Waals surface area contributed by atoms with Crippen LogP contribution in [0.25, 0.3) is 5.69 Å². The number of piperidine rings is 1. The van der Waals surface area contributed by atoms with Crippen molar-refractivity contribution in [1.82, 2.24) is 20.0 Å². The Labute approximate surface area is 124 Å². The molecule has 2 bridgehead atoms. The molecule has 114 valence electrons. The predicted molar refractivity (Wildman–Crippen MR) is 73.1 cm³/mol. The monoisotopic (exact) mass is 304 g/mol. The molecule has 22 heavy (non-hydrogen) atoms. The van der Waals surface area contributed by atoms with Crippen LogP contribution in [0.1, 0.15) is 16.9 Å². The summed E-state index contributed by atoms with van der Waals surface area (Å²) in [4.78, 5) is 17.1. The van der Waals surface area contributed by atoms with Gasteiger partial charge in [0.05, 0.1) is 30.3 Å². The first-order valence-corrected chi connectivity index (χ1v) is 6.88. The second-order valence-electron chi connectivity index (χ2n) is 5.43. The van der Waals surface area contributed by atoms with Gasteiger partial charge in [-0.05, 0) is 0 Å². The Balaban J connectivity index is 1.60. The zero-order valence-electron chi connectivity index (χ0n) is 11.5. The molecule has 2 unspecified atom stereocenters. The SMILES string of the molecule is NC(=O)c1cn(-c2cnc(N3CC4CC(C3)O4)c(F)c2)nn1. The highest BCUT2D eigenvalue weighted by Gasteiger charge is 2.39. The van der Waals surface area contributed by atoms with Gasteiger partial charge in [-0.25, -0.2) is 14.1 Å². The Morgan fingerprint density at radius 3 is 2.73 bits per heavy atom. The van der Waals surface area contributed by atoms with Crippen LogP contribution in [0.2, 0.25) is 0 Å². The summed E-state index contributed by atoms with van der Waals surface area (Å²) in [5.41, 5.74) is 5.50. The van der Waals surface area contributed by atoms with E-state index in [2.05, 4.69) is 15.3 Å². The second kappa shape index (κ2) is 4.73. The van der Waals surface area contributed by atoms with Crippen molar-refractivity contribution in [3.05, 3.63) is 30.0 Å². The maximum atomic E-state index is 14.3. The lowest BCUT2D eigenvalue weighted by Gasteiger charge is -2.47. The highest BCUT2D eigenvalue weighted by Crippen LogP contribution is 2.31. The van der Waals surface area contributed by atoms with Gasteiger partial charge in [0.2, 0.25) is 0 Å². The van der Waals surface area contributed by atoms with Crippen molar-refractivity contribution in [2.75, 3.05) is 18.0 Å². The van der Waals surface area contributed by atoms with Crippen LogP contribution in [0.3, 0.4) is 0 Å². The molecule has 0 radical (unpaired) electrons. The minimum absolute atomic E-state index is 0.0118. The first-order chi connectivity index (χ1) is 10.6. The van der Waals surface area contributed by atoms with Crippen molar-refractivity contribution in [1.29, 1.82) is 0 Å². The van der Waals surface area contributed by atoms with Crippen molar-refractivity contribution in [2.45, 2.75) is 18.6 Å². The van der Waals surface area contributed by atoms with Crippen LogP contribution in [-0.4, -0.2) is 51.2 Å². The number of halogens is 1. The fraction of sp³-hybridized carbons (Fsp3) is 0.385. The van der Waals surface area contributed by atoms with Gasteiger partial charge in [0.25, 0.3) is 5.91 Å². The fourth-order valence-corrected chi connectivity index (χ4v) is 2.81. The van der Waals surface area contributed by atoms with Crippen molar-refractivity contribution < 1.29 is 13.9 Å². The van der Waals surface area contributed by atoms with Gasteiger partial charge in [0.15, 0.2) is 17.3 Å². The summed E-state index contributed by atoms with van der Waals surface area (Å²) in [7, 11) is 0. The van der Waals surface area contributed by atoms with Crippen molar-refractivity contribution in [2.24, 2.45) is 5.73 Å². The molecule has 0 aromatic carbocycles. The summed E-state index contributed by atoms with van der Waals surface area (Å²) in [5.74, 6) is -0.837. The summed E-state index contributed by atoms with van der Waals surface area (Å²) >= 11 is 0.